The highest BCUT2D eigenvalue weighted by Gasteiger charge is 2.41. The van der Waals surface area contributed by atoms with Gasteiger partial charge in [-0.25, -0.2) is 0 Å². The fourth-order valence-electron chi connectivity index (χ4n) is 2.53. The molecule has 0 saturated heterocycles. The van der Waals surface area contributed by atoms with Crippen LogP contribution in [-0.2, 0) is 0 Å². The van der Waals surface area contributed by atoms with Crippen molar-refractivity contribution in [2.45, 2.75) is 6.18 Å². The van der Waals surface area contributed by atoms with Crippen LogP contribution in [0.25, 0.3) is 10.8 Å². The van der Waals surface area contributed by atoms with Gasteiger partial charge in [0, 0.05) is 44.7 Å². The van der Waals surface area contributed by atoms with E-state index in [1.807, 2.05) is 25.1 Å². The van der Waals surface area contributed by atoms with Gasteiger partial charge in [0.15, 0.2) is 0 Å². The van der Waals surface area contributed by atoms with Crippen molar-refractivity contribution >= 4 is 27.9 Å². The summed E-state index contributed by atoms with van der Waals surface area (Å²) in [5, 5.41) is 1.42. The van der Waals surface area contributed by atoms with E-state index in [0.717, 1.165) is 11.1 Å². The summed E-state index contributed by atoms with van der Waals surface area (Å²) in [6.45, 7) is 0. The van der Waals surface area contributed by atoms with Crippen LogP contribution in [0.5, 0.6) is 0 Å². The van der Waals surface area contributed by atoms with Crippen LogP contribution < -0.4 is 9.80 Å². The minimum Gasteiger partial charge on any atom is -0.377 e. The lowest BCUT2D eigenvalue weighted by Crippen LogP contribution is -2.25. The molecule has 0 aliphatic carbocycles. The number of fused-ring (bicyclic) bond motifs is 1. The summed E-state index contributed by atoms with van der Waals surface area (Å²) >= 11 is 0. The van der Waals surface area contributed by atoms with E-state index in [-0.39, 0.29) is 11.3 Å². The van der Waals surface area contributed by atoms with Crippen molar-refractivity contribution in [1.82, 2.24) is 0 Å². The monoisotopic (exact) mass is 310 g/mol. The maximum atomic E-state index is 12.8. The molecule has 6 heteroatoms. The molecule has 0 aliphatic rings. The Kier molecular flexibility index (Phi) is 4.04. The molecule has 0 atom stereocenters. The van der Waals surface area contributed by atoms with Gasteiger partial charge in [0.1, 0.15) is 0 Å². The SMILES string of the molecule is CN(C)c1cccc2c(N(C)C)c(C(=O)C(F)(F)F)ccc12. The van der Waals surface area contributed by atoms with Gasteiger partial charge in [-0.1, -0.05) is 18.2 Å². The molecule has 2 aromatic carbocycles. The molecule has 0 amide bonds. The summed E-state index contributed by atoms with van der Waals surface area (Å²) in [5.41, 5.74) is 0.830. The first-order valence-corrected chi connectivity index (χ1v) is 6.66. The van der Waals surface area contributed by atoms with Crippen LogP contribution in [0.15, 0.2) is 30.3 Å². The van der Waals surface area contributed by atoms with E-state index in [2.05, 4.69) is 0 Å². The molecular weight excluding hydrogens is 293 g/mol. The normalized spacial score (nSPS) is 11.6. The topological polar surface area (TPSA) is 23.6 Å². The summed E-state index contributed by atoms with van der Waals surface area (Å²) in [6.07, 6.45) is -4.89. The summed E-state index contributed by atoms with van der Waals surface area (Å²) in [5.74, 6) is -1.83. The van der Waals surface area contributed by atoms with Crippen molar-refractivity contribution in [3.63, 3.8) is 0 Å². The van der Waals surface area contributed by atoms with E-state index in [1.54, 1.807) is 37.2 Å². The quantitative estimate of drug-likeness (QED) is 0.807. The lowest BCUT2D eigenvalue weighted by atomic mass is 9.99. The average Bonchev–Trinajstić information content (AvgIpc) is 2.42. The number of carbonyl (C=O) groups is 1. The van der Waals surface area contributed by atoms with Crippen LogP contribution in [-0.4, -0.2) is 40.2 Å². The van der Waals surface area contributed by atoms with Gasteiger partial charge in [-0.2, -0.15) is 13.2 Å². The molecule has 0 heterocycles. The van der Waals surface area contributed by atoms with Gasteiger partial charge in [0.2, 0.25) is 0 Å². The number of benzene rings is 2. The average molecular weight is 310 g/mol. The third-order valence-electron chi connectivity index (χ3n) is 3.44. The number of hydrogen-bond acceptors (Lipinski definition) is 3. The molecule has 2 aromatic rings. The van der Waals surface area contributed by atoms with Crippen LogP contribution in [0.2, 0.25) is 0 Å². The molecule has 3 nitrogen and oxygen atoms in total. The number of alkyl halides is 3. The Balaban J connectivity index is 2.82. The van der Waals surface area contributed by atoms with Crippen LogP contribution in [0.1, 0.15) is 10.4 Å². The molecule has 0 bridgehead atoms. The number of halogens is 3. The van der Waals surface area contributed by atoms with E-state index in [9.17, 15) is 18.0 Å². The second kappa shape index (κ2) is 5.51. The number of Topliss-reactive ketones (excluding diaryl/α,β-unsaturated/α-hetero) is 1. The Hall–Kier alpha value is -2.24. The molecule has 0 unspecified atom stereocenters. The Labute approximate surface area is 126 Å². The third kappa shape index (κ3) is 2.73. The van der Waals surface area contributed by atoms with Gasteiger partial charge in [-0.3, -0.25) is 4.79 Å². The minimum atomic E-state index is -4.89. The van der Waals surface area contributed by atoms with Crippen LogP contribution >= 0.6 is 0 Å². The first-order chi connectivity index (χ1) is 10.1. The van der Waals surface area contributed by atoms with Gasteiger partial charge in [-0.15, -0.1) is 0 Å². The van der Waals surface area contributed by atoms with Crippen molar-refractivity contribution in [3.05, 3.63) is 35.9 Å². The van der Waals surface area contributed by atoms with Gasteiger partial charge >= 0.3 is 6.18 Å². The minimum absolute atomic E-state index is 0.281. The summed E-state index contributed by atoms with van der Waals surface area (Å²) < 4.78 is 38.4. The third-order valence-corrected chi connectivity index (χ3v) is 3.44. The number of anilines is 2. The van der Waals surface area contributed by atoms with Crippen LogP contribution in [0.3, 0.4) is 0 Å². The zero-order valence-corrected chi connectivity index (χ0v) is 12.8. The smallest absolute Gasteiger partial charge is 0.377 e. The fourth-order valence-corrected chi connectivity index (χ4v) is 2.53. The van der Waals surface area contributed by atoms with Gasteiger partial charge in [0.05, 0.1) is 11.3 Å². The van der Waals surface area contributed by atoms with Crippen molar-refractivity contribution < 1.29 is 18.0 Å². The first kappa shape index (κ1) is 16.1. The Bertz CT molecular complexity index is 721. The lowest BCUT2D eigenvalue weighted by Gasteiger charge is -2.23. The van der Waals surface area contributed by atoms with Crippen molar-refractivity contribution in [1.29, 1.82) is 0 Å². The van der Waals surface area contributed by atoms with Crippen molar-refractivity contribution in [2.24, 2.45) is 0 Å². The second-order valence-electron chi connectivity index (χ2n) is 5.45. The second-order valence-corrected chi connectivity index (χ2v) is 5.45. The molecule has 2 rings (SSSR count). The largest absolute Gasteiger partial charge is 0.454 e. The standard InChI is InChI=1S/C16H17F3N2O/c1-20(2)13-7-5-6-11-10(13)8-9-12(14(11)21(3)4)15(22)16(17,18)19/h5-9H,1-4H3. The highest BCUT2D eigenvalue weighted by atomic mass is 19.4. The zero-order chi connectivity index (χ0) is 16.7. The molecule has 22 heavy (non-hydrogen) atoms. The van der Waals surface area contributed by atoms with Crippen molar-refractivity contribution in [3.8, 4) is 0 Å². The van der Waals surface area contributed by atoms with E-state index >= 15 is 0 Å². The molecule has 0 radical (unpaired) electrons. The first-order valence-electron chi connectivity index (χ1n) is 6.66. The van der Waals surface area contributed by atoms with E-state index < -0.39 is 12.0 Å². The number of carbonyl (C=O) groups excluding carboxylic acids is 1. The molecule has 118 valence electrons. The molecular formula is C16H17F3N2O. The highest BCUT2D eigenvalue weighted by molar-refractivity contribution is 6.13. The van der Waals surface area contributed by atoms with Crippen LogP contribution in [0, 0.1) is 0 Å². The van der Waals surface area contributed by atoms with E-state index in [1.165, 1.54) is 6.07 Å². The Morgan fingerprint density at radius 3 is 2.05 bits per heavy atom. The molecule has 0 saturated carbocycles. The maximum Gasteiger partial charge on any atom is 0.454 e. The molecule has 0 N–H and O–H groups in total. The summed E-state index contributed by atoms with van der Waals surface area (Å²) in [6, 6.07) is 8.20. The van der Waals surface area contributed by atoms with Gasteiger partial charge in [0.25, 0.3) is 5.78 Å². The lowest BCUT2D eigenvalue weighted by molar-refractivity contribution is -0.0884. The number of nitrogens with zero attached hydrogens (tertiary/aromatic N) is 2. The van der Waals surface area contributed by atoms with E-state index in [0.29, 0.717) is 5.39 Å². The fraction of sp³-hybridized carbons (Fsp3) is 0.312. The van der Waals surface area contributed by atoms with Crippen molar-refractivity contribution in [2.75, 3.05) is 38.0 Å². The molecule has 0 spiro atoms. The van der Waals surface area contributed by atoms with Gasteiger partial charge in [-0.05, 0) is 12.1 Å². The maximum absolute atomic E-state index is 12.8. The summed E-state index contributed by atoms with van der Waals surface area (Å²) in [7, 11) is 6.98. The van der Waals surface area contributed by atoms with E-state index in [4.69, 9.17) is 0 Å². The predicted octanol–water partition coefficient (Wildman–Crippen LogP) is 3.72. The zero-order valence-electron chi connectivity index (χ0n) is 12.8. The number of hydrogen-bond donors (Lipinski definition) is 0. The molecule has 0 aliphatic heterocycles. The highest BCUT2D eigenvalue weighted by Crippen LogP contribution is 2.37. The Morgan fingerprint density at radius 2 is 1.55 bits per heavy atom. The number of rotatable bonds is 3. The molecule has 0 fully saturated rings. The van der Waals surface area contributed by atoms with Gasteiger partial charge < -0.3 is 9.80 Å². The molecule has 0 aromatic heterocycles. The predicted molar refractivity (Wildman–Crippen MR) is 83.0 cm³/mol. The number of ketones is 1. The summed E-state index contributed by atoms with van der Waals surface area (Å²) in [4.78, 5) is 15.1. The van der Waals surface area contributed by atoms with Crippen LogP contribution in [0.4, 0.5) is 24.5 Å². The Morgan fingerprint density at radius 1 is 0.909 bits per heavy atom.